The Labute approximate surface area is 136 Å². The fourth-order valence-electron chi connectivity index (χ4n) is 4.27. The number of nitrogens with one attached hydrogen (secondary N) is 1. The van der Waals surface area contributed by atoms with E-state index in [0.717, 1.165) is 50.9 Å². The highest BCUT2D eigenvalue weighted by Gasteiger charge is 2.50. The topological polar surface area (TPSA) is 41.6 Å². The monoisotopic (exact) mass is 318 g/mol. The Bertz CT molecular complexity index is 584. The number of nitrogens with zero attached hydrogens (tertiary/aromatic N) is 1. The lowest BCUT2D eigenvalue weighted by Crippen LogP contribution is -2.58. The van der Waals surface area contributed by atoms with Gasteiger partial charge >= 0.3 is 0 Å². The minimum Gasteiger partial charge on any atom is -0.364 e. The molecule has 124 valence electrons. The van der Waals surface area contributed by atoms with Crippen LogP contribution in [0.15, 0.2) is 24.3 Å². The van der Waals surface area contributed by atoms with E-state index in [0.29, 0.717) is 18.6 Å². The van der Waals surface area contributed by atoms with Crippen molar-refractivity contribution in [1.82, 2.24) is 10.2 Å². The van der Waals surface area contributed by atoms with Gasteiger partial charge in [0.2, 0.25) is 5.91 Å². The summed E-state index contributed by atoms with van der Waals surface area (Å²) in [6, 6.07) is 6.87. The number of hydrogen-bond donors (Lipinski definition) is 1. The lowest BCUT2D eigenvalue weighted by Gasteiger charge is -2.45. The third-order valence-corrected chi connectivity index (χ3v) is 5.68. The minimum absolute atomic E-state index is 0.0697. The summed E-state index contributed by atoms with van der Waals surface area (Å²) in [5.41, 5.74) is 1.13. The zero-order valence-corrected chi connectivity index (χ0v) is 13.3. The quantitative estimate of drug-likeness (QED) is 0.909. The van der Waals surface area contributed by atoms with Crippen LogP contribution in [0.4, 0.5) is 4.39 Å². The first kappa shape index (κ1) is 15.1. The number of carbonyl (C=O) groups is 1. The van der Waals surface area contributed by atoms with E-state index in [4.69, 9.17) is 4.74 Å². The first-order valence-electron chi connectivity index (χ1n) is 8.52. The zero-order chi connectivity index (χ0) is 15.9. The fraction of sp³-hybridized carbons (Fsp3) is 0.611. The Morgan fingerprint density at radius 3 is 2.74 bits per heavy atom. The molecule has 1 spiro atoms. The van der Waals surface area contributed by atoms with Crippen molar-refractivity contribution in [3.63, 3.8) is 0 Å². The molecule has 1 amide bonds. The maximum Gasteiger partial charge on any atom is 0.225 e. The lowest BCUT2D eigenvalue weighted by molar-refractivity contribution is -0.142. The summed E-state index contributed by atoms with van der Waals surface area (Å²) in [4.78, 5) is 14.6. The van der Waals surface area contributed by atoms with Crippen LogP contribution < -0.4 is 5.32 Å². The molecule has 1 N–H and O–H groups in total. The standard InChI is InChI=1S/C18H23FN2O2/c19-16-3-1-2-14(8-16)13-4-6-21(7-5-13)17(22)15-9-18(10-15)11-23-12-20-18/h1-3,8,13,15,20H,4-7,9-12H2/t15-,18+. The van der Waals surface area contributed by atoms with Crippen LogP contribution in [0.1, 0.15) is 37.2 Å². The number of piperidine rings is 1. The zero-order valence-electron chi connectivity index (χ0n) is 13.3. The van der Waals surface area contributed by atoms with Crippen molar-refractivity contribution in [2.45, 2.75) is 37.1 Å². The highest BCUT2D eigenvalue weighted by molar-refractivity contribution is 5.80. The molecule has 5 heteroatoms. The number of likely N-dealkylation sites (tertiary alicyclic amines) is 1. The molecule has 1 aliphatic carbocycles. The van der Waals surface area contributed by atoms with Crippen LogP contribution in [-0.4, -0.2) is 42.8 Å². The third kappa shape index (κ3) is 2.88. The van der Waals surface area contributed by atoms with Crippen LogP contribution >= 0.6 is 0 Å². The predicted molar refractivity (Wildman–Crippen MR) is 84.4 cm³/mol. The number of amides is 1. The SMILES string of the molecule is O=C([C@H]1C[C@]2(COCN2)C1)N1CCC(c2cccc(F)c2)CC1. The summed E-state index contributed by atoms with van der Waals surface area (Å²) in [6.45, 7) is 2.92. The molecule has 2 heterocycles. The van der Waals surface area contributed by atoms with Gasteiger partial charge in [-0.05, 0) is 49.3 Å². The van der Waals surface area contributed by atoms with E-state index < -0.39 is 0 Å². The largest absolute Gasteiger partial charge is 0.364 e. The molecule has 2 saturated heterocycles. The molecular formula is C18H23FN2O2. The number of benzene rings is 1. The van der Waals surface area contributed by atoms with Gasteiger partial charge in [-0.3, -0.25) is 10.1 Å². The van der Waals surface area contributed by atoms with Crippen molar-refractivity contribution in [2.24, 2.45) is 5.92 Å². The fourth-order valence-corrected chi connectivity index (χ4v) is 4.27. The van der Waals surface area contributed by atoms with E-state index in [1.807, 2.05) is 11.0 Å². The van der Waals surface area contributed by atoms with E-state index in [9.17, 15) is 9.18 Å². The molecule has 4 rings (SSSR count). The smallest absolute Gasteiger partial charge is 0.225 e. The van der Waals surface area contributed by atoms with Crippen molar-refractivity contribution >= 4 is 5.91 Å². The van der Waals surface area contributed by atoms with Crippen LogP contribution in [0.2, 0.25) is 0 Å². The molecule has 0 atom stereocenters. The average molecular weight is 318 g/mol. The number of rotatable bonds is 2. The molecule has 3 fully saturated rings. The van der Waals surface area contributed by atoms with Crippen molar-refractivity contribution in [1.29, 1.82) is 0 Å². The molecule has 4 nitrogen and oxygen atoms in total. The maximum absolute atomic E-state index is 13.4. The van der Waals surface area contributed by atoms with Crippen LogP contribution in [-0.2, 0) is 9.53 Å². The first-order valence-corrected chi connectivity index (χ1v) is 8.52. The van der Waals surface area contributed by atoms with Gasteiger partial charge in [0.1, 0.15) is 5.82 Å². The van der Waals surface area contributed by atoms with E-state index in [1.165, 1.54) is 6.07 Å². The van der Waals surface area contributed by atoms with Gasteiger partial charge in [0.25, 0.3) is 0 Å². The Morgan fingerprint density at radius 2 is 2.09 bits per heavy atom. The number of hydrogen-bond acceptors (Lipinski definition) is 3. The number of ether oxygens (including phenoxy) is 1. The molecule has 1 aromatic rings. The molecular weight excluding hydrogens is 295 g/mol. The Hall–Kier alpha value is -1.46. The van der Waals surface area contributed by atoms with Crippen LogP contribution in [0.3, 0.4) is 0 Å². The van der Waals surface area contributed by atoms with Crippen molar-refractivity contribution in [2.75, 3.05) is 26.4 Å². The van der Waals surface area contributed by atoms with Gasteiger partial charge in [-0.2, -0.15) is 0 Å². The number of halogens is 1. The molecule has 1 aromatic carbocycles. The van der Waals surface area contributed by atoms with Gasteiger partial charge < -0.3 is 9.64 Å². The normalized spacial score (nSPS) is 31.3. The molecule has 0 bridgehead atoms. The lowest BCUT2D eigenvalue weighted by atomic mass is 9.68. The van der Waals surface area contributed by atoms with Crippen LogP contribution in [0, 0.1) is 11.7 Å². The molecule has 23 heavy (non-hydrogen) atoms. The summed E-state index contributed by atoms with van der Waals surface area (Å²) < 4.78 is 18.7. The maximum atomic E-state index is 13.4. The van der Waals surface area contributed by atoms with Gasteiger partial charge in [-0.15, -0.1) is 0 Å². The molecule has 1 saturated carbocycles. The van der Waals surface area contributed by atoms with E-state index in [-0.39, 0.29) is 17.3 Å². The van der Waals surface area contributed by atoms with Gasteiger partial charge in [0.05, 0.1) is 13.3 Å². The summed E-state index contributed by atoms with van der Waals surface area (Å²) >= 11 is 0. The molecule has 0 radical (unpaired) electrons. The van der Waals surface area contributed by atoms with Crippen LogP contribution in [0.25, 0.3) is 0 Å². The van der Waals surface area contributed by atoms with Gasteiger partial charge in [0.15, 0.2) is 0 Å². The third-order valence-electron chi connectivity index (χ3n) is 5.68. The van der Waals surface area contributed by atoms with Crippen molar-refractivity contribution in [3.05, 3.63) is 35.6 Å². The highest BCUT2D eigenvalue weighted by Crippen LogP contribution is 2.41. The van der Waals surface area contributed by atoms with Gasteiger partial charge in [-0.25, -0.2) is 4.39 Å². The summed E-state index contributed by atoms with van der Waals surface area (Å²) in [6.07, 6.45) is 3.65. The Balaban J connectivity index is 1.30. The second-order valence-corrected chi connectivity index (χ2v) is 7.21. The highest BCUT2D eigenvalue weighted by atomic mass is 19.1. The summed E-state index contributed by atoms with van der Waals surface area (Å²) in [7, 11) is 0. The van der Waals surface area contributed by atoms with Crippen molar-refractivity contribution < 1.29 is 13.9 Å². The second-order valence-electron chi connectivity index (χ2n) is 7.21. The van der Waals surface area contributed by atoms with Gasteiger partial charge in [0, 0.05) is 24.5 Å². The minimum atomic E-state index is -0.174. The molecule has 0 aromatic heterocycles. The van der Waals surface area contributed by atoms with E-state index in [1.54, 1.807) is 12.1 Å². The van der Waals surface area contributed by atoms with Crippen LogP contribution in [0.5, 0.6) is 0 Å². The van der Waals surface area contributed by atoms with Crippen molar-refractivity contribution in [3.8, 4) is 0 Å². The summed E-state index contributed by atoms with van der Waals surface area (Å²) in [5.74, 6) is 0.636. The van der Waals surface area contributed by atoms with E-state index >= 15 is 0 Å². The molecule has 3 aliphatic rings. The predicted octanol–water partition coefficient (Wildman–Crippen LogP) is 2.26. The first-order chi connectivity index (χ1) is 11.2. The average Bonchev–Trinajstić information content (AvgIpc) is 3.03. The Kier molecular flexibility index (Phi) is 3.85. The second kappa shape index (κ2) is 5.87. The van der Waals surface area contributed by atoms with E-state index in [2.05, 4.69) is 5.32 Å². The molecule has 2 aliphatic heterocycles. The molecule has 0 unspecified atom stereocenters. The Morgan fingerprint density at radius 1 is 1.30 bits per heavy atom. The number of carbonyl (C=O) groups excluding carboxylic acids is 1. The van der Waals surface area contributed by atoms with Gasteiger partial charge in [-0.1, -0.05) is 12.1 Å². The summed E-state index contributed by atoms with van der Waals surface area (Å²) in [5, 5.41) is 3.36.